The van der Waals surface area contributed by atoms with E-state index in [2.05, 4.69) is 10.6 Å². The number of nitrogens with one attached hydrogen (secondary N) is 2. The standard InChI is InChI=1S/C17H25N3O3S.ClH/c1-11(12-6-8-14(9-7-12)24(18,22)23)19-17(21)16-10-13-4-2-3-5-15(13)20-16;/h6-9,11,13,15-16,20H,2-5,10H2,1H3,(H,19,21)(H2,18,22,23);1H. The van der Waals surface area contributed by atoms with Gasteiger partial charge in [-0.2, -0.15) is 0 Å². The average molecular weight is 388 g/mol. The topological polar surface area (TPSA) is 101 Å². The lowest BCUT2D eigenvalue weighted by atomic mass is 9.85. The summed E-state index contributed by atoms with van der Waals surface area (Å²) in [6, 6.07) is 6.49. The number of carbonyl (C=O) groups is 1. The molecule has 1 aromatic carbocycles. The van der Waals surface area contributed by atoms with Crippen molar-refractivity contribution in [3.05, 3.63) is 29.8 Å². The number of fused-ring (bicyclic) bond motifs is 1. The predicted molar refractivity (Wildman–Crippen MR) is 98.9 cm³/mol. The molecule has 1 aliphatic heterocycles. The van der Waals surface area contributed by atoms with Gasteiger partial charge in [0.1, 0.15) is 0 Å². The molecule has 0 spiro atoms. The summed E-state index contributed by atoms with van der Waals surface area (Å²) in [5, 5.41) is 11.6. The number of carbonyl (C=O) groups excluding carboxylic acids is 1. The van der Waals surface area contributed by atoms with Gasteiger partial charge in [-0.3, -0.25) is 4.79 Å². The van der Waals surface area contributed by atoms with Crippen LogP contribution >= 0.6 is 12.4 Å². The molecular formula is C17H26ClN3O3S. The highest BCUT2D eigenvalue weighted by molar-refractivity contribution is 7.89. The van der Waals surface area contributed by atoms with Crippen LogP contribution in [0.2, 0.25) is 0 Å². The number of hydrogen-bond acceptors (Lipinski definition) is 4. The Bertz CT molecular complexity index is 694. The van der Waals surface area contributed by atoms with Gasteiger partial charge in [0.2, 0.25) is 15.9 Å². The molecule has 3 rings (SSSR count). The molecule has 1 aromatic rings. The van der Waals surface area contributed by atoms with Crippen molar-refractivity contribution < 1.29 is 13.2 Å². The minimum Gasteiger partial charge on any atom is -0.348 e. The Kier molecular flexibility index (Phi) is 6.48. The number of nitrogens with two attached hydrogens (primary N) is 1. The first-order valence-electron chi connectivity index (χ1n) is 8.54. The van der Waals surface area contributed by atoms with Gasteiger partial charge in [0.05, 0.1) is 17.0 Å². The lowest BCUT2D eigenvalue weighted by Crippen LogP contribution is -2.43. The first kappa shape index (κ1) is 20.2. The Hall–Kier alpha value is -1.15. The van der Waals surface area contributed by atoms with Gasteiger partial charge in [-0.05, 0) is 49.8 Å². The van der Waals surface area contributed by atoms with Crippen molar-refractivity contribution in [3.63, 3.8) is 0 Å². The van der Waals surface area contributed by atoms with Crippen molar-refractivity contribution in [3.8, 4) is 0 Å². The van der Waals surface area contributed by atoms with E-state index >= 15 is 0 Å². The lowest BCUT2D eigenvalue weighted by Gasteiger charge is -2.24. The SMILES string of the molecule is CC(NC(=O)C1CC2CCCCC2N1)c1ccc(S(N)(=O)=O)cc1.Cl. The fourth-order valence-electron chi connectivity index (χ4n) is 3.86. The third kappa shape index (κ3) is 4.73. The zero-order valence-corrected chi connectivity index (χ0v) is 15.9. The van der Waals surface area contributed by atoms with Crippen LogP contribution < -0.4 is 15.8 Å². The zero-order valence-electron chi connectivity index (χ0n) is 14.3. The van der Waals surface area contributed by atoms with Crippen LogP contribution in [0.4, 0.5) is 0 Å². The fraction of sp³-hybridized carbons (Fsp3) is 0.588. The zero-order chi connectivity index (χ0) is 17.3. The van der Waals surface area contributed by atoms with E-state index in [0.717, 1.165) is 12.0 Å². The fourth-order valence-corrected chi connectivity index (χ4v) is 4.38. The molecule has 1 amide bonds. The van der Waals surface area contributed by atoms with Crippen LogP contribution in [0, 0.1) is 5.92 Å². The maximum Gasteiger partial charge on any atom is 0.238 e. The van der Waals surface area contributed by atoms with Crippen LogP contribution in [0.3, 0.4) is 0 Å². The van der Waals surface area contributed by atoms with E-state index < -0.39 is 10.0 Å². The van der Waals surface area contributed by atoms with E-state index in [1.165, 1.54) is 37.8 Å². The quantitative estimate of drug-likeness (QED) is 0.733. The number of primary sulfonamides is 1. The summed E-state index contributed by atoms with van der Waals surface area (Å²) in [5.41, 5.74) is 0.853. The second kappa shape index (κ2) is 8.03. The minimum atomic E-state index is -3.69. The number of sulfonamides is 1. The monoisotopic (exact) mass is 387 g/mol. The van der Waals surface area contributed by atoms with Gasteiger partial charge in [-0.15, -0.1) is 12.4 Å². The van der Waals surface area contributed by atoms with Crippen LogP contribution in [-0.2, 0) is 14.8 Å². The molecule has 1 heterocycles. The van der Waals surface area contributed by atoms with Crippen LogP contribution in [0.1, 0.15) is 50.6 Å². The van der Waals surface area contributed by atoms with Gasteiger partial charge in [0.15, 0.2) is 0 Å². The van der Waals surface area contributed by atoms with Gasteiger partial charge in [0, 0.05) is 6.04 Å². The predicted octanol–water partition coefficient (Wildman–Crippen LogP) is 1.85. The van der Waals surface area contributed by atoms with Crippen LogP contribution in [0.25, 0.3) is 0 Å². The van der Waals surface area contributed by atoms with E-state index in [9.17, 15) is 13.2 Å². The van der Waals surface area contributed by atoms with Crippen LogP contribution in [0.15, 0.2) is 29.2 Å². The third-order valence-corrected chi connectivity index (χ3v) is 6.18. The van der Waals surface area contributed by atoms with Gasteiger partial charge in [0.25, 0.3) is 0 Å². The molecular weight excluding hydrogens is 362 g/mol. The largest absolute Gasteiger partial charge is 0.348 e. The summed E-state index contributed by atoms with van der Waals surface area (Å²) >= 11 is 0. The molecule has 25 heavy (non-hydrogen) atoms. The normalized spacial score (nSPS) is 27.0. The maximum atomic E-state index is 12.5. The molecule has 4 atom stereocenters. The molecule has 1 saturated heterocycles. The molecule has 4 unspecified atom stereocenters. The van der Waals surface area contributed by atoms with Crippen molar-refractivity contribution in [2.45, 2.75) is 62.0 Å². The number of benzene rings is 1. The van der Waals surface area contributed by atoms with E-state index in [1.54, 1.807) is 12.1 Å². The number of rotatable bonds is 4. The highest BCUT2D eigenvalue weighted by Crippen LogP contribution is 2.33. The molecule has 0 radical (unpaired) electrons. The number of amides is 1. The second-order valence-corrected chi connectivity index (χ2v) is 8.51. The first-order valence-corrected chi connectivity index (χ1v) is 10.1. The summed E-state index contributed by atoms with van der Waals surface area (Å²) < 4.78 is 22.6. The summed E-state index contributed by atoms with van der Waals surface area (Å²) in [5.74, 6) is 0.645. The maximum absolute atomic E-state index is 12.5. The smallest absolute Gasteiger partial charge is 0.238 e. The number of halogens is 1. The van der Waals surface area contributed by atoms with Crippen LogP contribution in [0.5, 0.6) is 0 Å². The molecule has 8 heteroatoms. The highest BCUT2D eigenvalue weighted by atomic mass is 35.5. The van der Waals surface area contributed by atoms with Crippen molar-refractivity contribution in [1.82, 2.24) is 10.6 Å². The molecule has 2 fully saturated rings. The Labute approximate surface area is 155 Å². The Morgan fingerprint density at radius 2 is 1.88 bits per heavy atom. The summed E-state index contributed by atoms with van der Waals surface area (Å²) in [7, 11) is -3.69. The summed E-state index contributed by atoms with van der Waals surface area (Å²) in [4.78, 5) is 12.6. The molecule has 140 valence electrons. The molecule has 2 aliphatic rings. The molecule has 1 saturated carbocycles. The van der Waals surface area contributed by atoms with Gasteiger partial charge in [-0.1, -0.05) is 25.0 Å². The highest BCUT2D eigenvalue weighted by Gasteiger charge is 2.38. The van der Waals surface area contributed by atoms with Crippen molar-refractivity contribution in [2.75, 3.05) is 0 Å². The van der Waals surface area contributed by atoms with Crippen molar-refractivity contribution >= 4 is 28.3 Å². The summed E-state index contributed by atoms with van der Waals surface area (Å²) in [6.45, 7) is 1.89. The van der Waals surface area contributed by atoms with Gasteiger partial charge in [-0.25, -0.2) is 13.6 Å². The number of hydrogen-bond donors (Lipinski definition) is 3. The second-order valence-electron chi connectivity index (χ2n) is 6.95. The van der Waals surface area contributed by atoms with Crippen LogP contribution in [-0.4, -0.2) is 26.4 Å². The Morgan fingerprint density at radius 1 is 1.24 bits per heavy atom. The average Bonchev–Trinajstić information content (AvgIpc) is 2.98. The van der Waals surface area contributed by atoms with Crippen molar-refractivity contribution in [1.29, 1.82) is 0 Å². The lowest BCUT2D eigenvalue weighted by molar-refractivity contribution is -0.123. The molecule has 6 nitrogen and oxygen atoms in total. The van der Waals surface area contributed by atoms with E-state index in [4.69, 9.17) is 5.14 Å². The van der Waals surface area contributed by atoms with E-state index in [-0.39, 0.29) is 35.3 Å². The van der Waals surface area contributed by atoms with Gasteiger partial charge >= 0.3 is 0 Å². The molecule has 1 aliphatic carbocycles. The van der Waals surface area contributed by atoms with E-state index in [1.807, 2.05) is 6.92 Å². The Balaban J connectivity index is 0.00000225. The molecule has 0 bridgehead atoms. The third-order valence-electron chi connectivity index (χ3n) is 5.25. The molecule has 4 N–H and O–H groups in total. The summed E-state index contributed by atoms with van der Waals surface area (Å²) in [6.07, 6.45) is 5.80. The van der Waals surface area contributed by atoms with E-state index in [0.29, 0.717) is 12.0 Å². The minimum absolute atomic E-state index is 0. The molecule has 0 aromatic heterocycles. The first-order chi connectivity index (χ1) is 11.3. The van der Waals surface area contributed by atoms with Crippen molar-refractivity contribution in [2.24, 2.45) is 11.1 Å². The Morgan fingerprint density at radius 3 is 2.48 bits per heavy atom. The van der Waals surface area contributed by atoms with Gasteiger partial charge < -0.3 is 10.6 Å².